The molecular weight excluding hydrogens is 338 g/mol. The van der Waals surface area contributed by atoms with Crippen molar-refractivity contribution in [1.82, 2.24) is 19.6 Å². The van der Waals surface area contributed by atoms with E-state index in [0.29, 0.717) is 12.6 Å². The smallest absolute Gasteiger partial charge is 0.238 e. The first kappa shape index (κ1) is 19.6. The fourth-order valence-corrected chi connectivity index (χ4v) is 3.86. The van der Waals surface area contributed by atoms with E-state index < -0.39 is 0 Å². The van der Waals surface area contributed by atoms with E-state index in [1.807, 2.05) is 20.2 Å². The number of rotatable bonds is 6. The summed E-state index contributed by atoms with van der Waals surface area (Å²) < 4.78 is 1.73. The van der Waals surface area contributed by atoms with E-state index in [9.17, 15) is 4.79 Å². The van der Waals surface area contributed by atoms with Gasteiger partial charge in [0.05, 0.1) is 17.9 Å². The summed E-state index contributed by atoms with van der Waals surface area (Å²) in [6.07, 6.45) is 5.31. The fourth-order valence-electron chi connectivity index (χ4n) is 3.86. The highest BCUT2D eigenvalue weighted by Crippen LogP contribution is 2.31. The molecule has 1 aromatic carbocycles. The molecule has 1 N–H and O–H groups in total. The van der Waals surface area contributed by atoms with Crippen LogP contribution >= 0.6 is 0 Å². The van der Waals surface area contributed by atoms with Crippen LogP contribution in [0.2, 0.25) is 0 Å². The second-order valence-electron chi connectivity index (χ2n) is 7.81. The van der Waals surface area contributed by atoms with E-state index >= 15 is 0 Å². The van der Waals surface area contributed by atoms with Gasteiger partial charge in [0.15, 0.2) is 0 Å². The molecule has 0 radical (unpaired) electrons. The summed E-state index contributed by atoms with van der Waals surface area (Å²) in [6, 6.07) is 9.19. The van der Waals surface area contributed by atoms with Crippen molar-refractivity contribution >= 4 is 11.6 Å². The van der Waals surface area contributed by atoms with Gasteiger partial charge in [-0.05, 0) is 51.5 Å². The van der Waals surface area contributed by atoms with E-state index in [0.717, 1.165) is 37.3 Å². The Kier molecular flexibility index (Phi) is 6.29. The summed E-state index contributed by atoms with van der Waals surface area (Å²) in [5.41, 5.74) is 4.26. The molecule has 6 nitrogen and oxygen atoms in total. The van der Waals surface area contributed by atoms with Crippen LogP contribution in [0.4, 0.5) is 5.69 Å². The second-order valence-corrected chi connectivity index (χ2v) is 7.81. The molecule has 3 rings (SSSR count). The van der Waals surface area contributed by atoms with Gasteiger partial charge in [0.1, 0.15) is 0 Å². The molecule has 1 amide bonds. The highest BCUT2D eigenvalue weighted by molar-refractivity contribution is 5.92. The molecule has 2 aromatic rings. The van der Waals surface area contributed by atoms with Crippen molar-refractivity contribution in [2.75, 3.05) is 32.5 Å². The molecule has 0 spiro atoms. The number of aromatic nitrogens is 2. The zero-order chi connectivity index (χ0) is 19.4. The maximum Gasteiger partial charge on any atom is 0.238 e. The van der Waals surface area contributed by atoms with Gasteiger partial charge in [0.25, 0.3) is 0 Å². The number of piperidine rings is 1. The Hall–Kier alpha value is -2.18. The lowest BCUT2D eigenvalue weighted by atomic mass is 9.94. The lowest BCUT2D eigenvalue weighted by molar-refractivity contribution is -0.118. The van der Waals surface area contributed by atoms with Gasteiger partial charge in [-0.15, -0.1) is 0 Å². The number of aryl methyl sites for hydroxylation is 2. The first-order valence-electron chi connectivity index (χ1n) is 9.70. The number of carbonyl (C=O) groups excluding carboxylic acids is 1. The van der Waals surface area contributed by atoms with Gasteiger partial charge in [0, 0.05) is 25.8 Å². The maximum absolute atomic E-state index is 12.6. The van der Waals surface area contributed by atoms with Gasteiger partial charge < -0.3 is 10.2 Å². The fraction of sp³-hybridized carbons (Fsp3) is 0.524. The summed E-state index contributed by atoms with van der Waals surface area (Å²) >= 11 is 0. The number of carbonyl (C=O) groups is 1. The van der Waals surface area contributed by atoms with Crippen molar-refractivity contribution in [3.05, 3.63) is 47.3 Å². The molecule has 1 atom stereocenters. The highest BCUT2D eigenvalue weighted by atomic mass is 16.2. The minimum atomic E-state index is 0.0298. The van der Waals surface area contributed by atoms with Crippen LogP contribution in [-0.2, 0) is 18.4 Å². The molecule has 2 heterocycles. The van der Waals surface area contributed by atoms with Crippen molar-refractivity contribution < 1.29 is 4.79 Å². The highest BCUT2D eigenvalue weighted by Gasteiger charge is 2.26. The number of benzene rings is 1. The molecule has 1 aliphatic rings. The number of hydrogen-bond donors (Lipinski definition) is 1. The topological polar surface area (TPSA) is 53.4 Å². The number of hydrogen-bond acceptors (Lipinski definition) is 4. The van der Waals surface area contributed by atoms with Crippen molar-refractivity contribution in [1.29, 1.82) is 0 Å². The third kappa shape index (κ3) is 5.17. The van der Waals surface area contributed by atoms with Gasteiger partial charge in [-0.3, -0.25) is 14.4 Å². The van der Waals surface area contributed by atoms with Gasteiger partial charge >= 0.3 is 0 Å². The van der Waals surface area contributed by atoms with Crippen LogP contribution in [-0.4, -0.2) is 52.7 Å². The summed E-state index contributed by atoms with van der Waals surface area (Å²) in [5, 5.41) is 7.30. The third-order valence-corrected chi connectivity index (χ3v) is 5.11. The molecule has 0 aliphatic carbocycles. The standard InChI is InChI=1S/C21H31N5O/c1-16-19(14-25(4)23-16)22-21(27)15-26-12-6-5-7-20(26)18-10-8-17(9-11-18)13-24(2)3/h8-11,14,20H,5-7,12-13,15H2,1-4H3,(H,22,27)/t20-/m1/s1. The summed E-state index contributed by atoms with van der Waals surface area (Å²) in [5.74, 6) is 0.0298. The molecule has 1 aliphatic heterocycles. The van der Waals surface area contributed by atoms with Crippen molar-refractivity contribution in [2.45, 2.75) is 38.8 Å². The third-order valence-electron chi connectivity index (χ3n) is 5.11. The van der Waals surface area contributed by atoms with Gasteiger partial charge in [0.2, 0.25) is 5.91 Å². The molecule has 1 fully saturated rings. The first-order chi connectivity index (χ1) is 12.9. The quantitative estimate of drug-likeness (QED) is 0.851. The van der Waals surface area contributed by atoms with Crippen LogP contribution in [0.15, 0.2) is 30.5 Å². The lowest BCUT2D eigenvalue weighted by Crippen LogP contribution is -2.39. The summed E-state index contributed by atoms with van der Waals surface area (Å²) in [6.45, 7) is 4.23. The van der Waals surface area contributed by atoms with E-state index in [-0.39, 0.29) is 5.91 Å². The molecular formula is C21H31N5O. The van der Waals surface area contributed by atoms with E-state index in [4.69, 9.17) is 0 Å². The van der Waals surface area contributed by atoms with E-state index in [1.54, 1.807) is 4.68 Å². The Bertz CT molecular complexity index is 765. The Morgan fingerprint density at radius 2 is 2.00 bits per heavy atom. The Balaban J connectivity index is 1.66. The minimum Gasteiger partial charge on any atom is -0.322 e. The number of likely N-dealkylation sites (tertiary alicyclic amines) is 1. The van der Waals surface area contributed by atoms with Crippen molar-refractivity contribution in [2.24, 2.45) is 7.05 Å². The molecule has 146 valence electrons. The average molecular weight is 370 g/mol. The Morgan fingerprint density at radius 3 is 2.63 bits per heavy atom. The molecule has 0 bridgehead atoms. The molecule has 1 saturated heterocycles. The SMILES string of the molecule is Cc1nn(C)cc1NC(=O)CN1CCCC[C@@H]1c1ccc(CN(C)C)cc1. The van der Waals surface area contributed by atoms with Crippen molar-refractivity contribution in [3.63, 3.8) is 0 Å². The van der Waals surface area contributed by atoms with Crippen LogP contribution in [0.3, 0.4) is 0 Å². The van der Waals surface area contributed by atoms with Crippen LogP contribution in [0, 0.1) is 6.92 Å². The van der Waals surface area contributed by atoms with E-state index in [1.165, 1.54) is 17.5 Å². The molecule has 0 unspecified atom stereocenters. The predicted molar refractivity (Wildman–Crippen MR) is 109 cm³/mol. The monoisotopic (exact) mass is 369 g/mol. The molecule has 1 aromatic heterocycles. The zero-order valence-electron chi connectivity index (χ0n) is 16.9. The lowest BCUT2D eigenvalue weighted by Gasteiger charge is -2.35. The number of anilines is 1. The van der Waals surface area contributed by atoms with Gasteiger partial charge in [-0.2, -0.15) is 5.10 Å². The molecule has 27 heavy (non-hydrogen) atoms. The van der Waals surface area contributed by atoms with Crippen LogP contribution in [0.25, 0.3) is 0 Å². The van der Waals surface area contributed by atoms with Crippen LogP contribution < -0.4 is 5.32 Å². The van der Waals surface area contributed by atoms with Crippen LogP contribution in [0.1, 0.15) is 42.1 Å². The van der Waals surface area contributed by atoms with E-state index in [2.05, 4.69) is 58.6 Å². The molecule has 0 saturated carbocycles. The minimum absolute atomic E-state index is 0.0298. The Labute approximate surface area is 162 Å². The van der Waals surface area contributed by atoms with Gasteiger partial charge in [-0.25, -0.2) is 0 Å². The second kappa shape index (κ2) is 8.67. The maximum atomic E-state index is 12.6. The zero-order valence-corrected chi connectivity index (χ0v) is 16.9. The predicted octanol–water partition coefficient (Wildman–Crippen LogP) is 2.96. The number of nitrogens with one attached hydrogen (secondary N) is 1. The molecule has 6 heteroatoms. The average Bonchev–Trinajstić information content (AvgIpc) is 2.92. The number of amides is 1. The summed E-state index contributed by atoms with van der Waals surface area (Å²) in [7, 11) is 6.03. The Morgan fingerprint density at radius 1 is 1.26 bits per heavy atom. The normalized spacial score (nSPS) is 18.0. The van der Waals surface area contributed by atoms with Gasteiger partial charge in [-0.1, -0.05) is 30.7 Å². The van der Waals surface area contributed by atoms with Crippen LogP contribution in [0.5, 0.6) is 0 Å². The first-order valence-corrected chi connectivity index (χ1v) is 9.70. The summed E-state index contributed by atoms with van der Waals surface area (Å²) in [4.78, 5) is 17.1. The van der Waals surface area contributed by atoms with Crippen molar-refractivity contribution in [3.8, 4) is 0 Å². The number of nitrogens with zero attached hydrogens (tertiary/aromatic N) is 4. The largest absolute Gasteiger partial charge is 0.322 e.